The fraction of sp³-hybridized carbons (Fsp3) is 0.231. The van der Waals surface area contributed by atoms with Gasteiger partial charge in [0.2, 0.25) is 11.8 Å². The lowest BCUT2D eigenvalue weighted by molar-refractivity contribution is 0.363. The van der Waals surface area contributed by atoms with Gasteiger partial charge >= 0.3 is 0 Å². The topological polar surface area (TPSA) is 44.2 Å². The van der Waals surface area contributed by atoms with Gasteiger partial charge in [0, 0.05) is 6.42 Å². The molecule has 0 fully saturated rings. The van der Waals surface area contributed by atoms with Crippen molar-refractivity contribution < 1.29 is 9.47 Å². The molecular weight excluding hydrogens is 296 g/mol. The first-order valence-electron chi connectivity index (χ1n) is 5.43. The summed E-state index contributed by atoms with van der Waals surface area (Å²) in [7, 11) is 3.14. The van der Waals surface area contributed by atoms with E-state index < -0.39 is 0 Å². The van der Waals surface area contributed by atoms with E-state index in [0.717, 1.165) is 5.56 Å². The molecule has 2 rings (SSSR count). The molecule has 0 aliphatic rings. The maximum absolute atomic E-state index is 5.19. The Balaban J connectivity index is 2.34. The van der Waals surface area contributed by atoms with Crippen molar-refractivity contribution in [3.8, 4) is 11.8 Å². The molecule has 1 heterocycles. The molecule has 18 heavy (non-hydrogen) atoms. The van der Waals surface area contributed by atoms with Gasteiger partial charge < -0.3 is 9.47 Å². The molecule has 0 N–H and O–H groups in total. The van der Waals surface area contributed by atoms with Gasteiger partial charge in [-0.25, -0.2) is 0 Å². The van der Waals surface area contributed by atoms with Gasteiger partial charge in [-0.1, -0.05) is 30.3 Å². The summed E-state index contributed by atoms with van der Waals surface area (Å²) >= 11 is 3.35. The van der Waals surface area contributed by atoms with Gasteiger partial charge in [0.05, 0.1) is 14.2 Å². The summed E-state index contributed by atoms with van der Waals surface area (Å²) in [5, 5.41) is 0. The normalized spacial score (nSPS) is 10.2. The van der Waals surface area contributed by atoms with Crippen molar-refractivity contribution in [2.45, 2.75) is 6.42 Å². The average Bonchev–Trinajstić information content (AvgIpc) is 2.41. The van der Waals surface area contributed by atoms with Crippen molar-refractivity contribution >= 4 is 15.9 Å². The molecule has 0 saturated heterocycles. The minimum atomic E-state index is 0.479. The summed E-state index contributed by atoms with van der Waals surface area (Å²) in [5.41, 5.74) is 1.14. The van der Waals surface area contributed by atoms with E-state index >= 15 is 0 Å². The Morgan fingerprint density at radius 2 is 1.56 bits per heavy atom. The van der Waals surface area contributed by atoms with E-state index in [9.17, 15) is 0 Å². The van der Waals surface area contributed by atoms with Crippen LogP contribution in [-0.4, -0.2) is 24.2 Å². The number of benzene rings is 1. The number of methoxy groups -OCH3 is 2. The van der Waals surface area contributed by atoms with Gasteiger partial charge in [0.25, 0.3) is 0 Å². The fourth-order valence-corrected chi connectivity index (χ4v) is 2.08. The number of ether oxygens (including phenoxy) is 2. The maximum atomic E-state index is 5.19. The first-order chi connectivity index (χ1) is 8.74. The van der Waals surface area contributed by atoms with Crippen LogP contribution in [0.15, 0.2) is 34.8 Å². The molecule has 4 nitrogen and oxygen atoms in total. The van der Waals surface area contributed by atoms with E-state index in [4.69, 9.17) is 9.47 Å². The SMILES string of the molecule is COc1nc(Cc2ccccc2)nc(OC)c1Br. The number of halogens is 1. The smallest absolute Gasteiger partial charge is 0.235 e. The summed E-state index contributed by atoms with van der Waals surface area (Å²) in [5.74, 6) is 1.62. The van der Waals surface area contributed by atoms with E-state index in [2.05, 4.69) is 25.9 Å². The van der Waals surface area contributed by atoms with Crippen LogP contribution in [0.2, 0.25) is 0 Å². The third kappa shape index (κ3) is 2.79. The van der Waals surface area contributed by atoms with Crippen molar-refractivity contribution in [3.63, 3.8) is 0 Å². The molecule has 0 amide bonds. The molecule has 0 aliphatic carbocycles. The van der Waals surface area contributed by atoms with Gasteiger partial charge in [0.15, 0.2) is 0 Å². The molecule has 0 aliphatic heterocycles. The number of nitrogens with zero attached hydrogens (tertiary/aromatic N) is 2. The molecule has 0 atom stereocenters. The molecule has 1 aromatic carbocycles. The molecule has 1 aromatic heterocycles. The maximum Gasteiger partial charge on any atom is 0.235 e. The lowest BCUT2D eigenvalue weighted by Crippen LogP contribution is -2.02. The summed E-state index contributed by atoms with van der Waals surface area (Å²) in [4.78, 5) is 8.67. The zero-order valence-corrected chi connectivity index (χ0v) is 11.8. The molecule has 0 bridgehead atoms. The number of hydrogen-bond acceptors (Lipinski definition) is 4. The van der Waals surface area contributed by atoms with Crippen LogP contribution in [-0.2, 0) is 6.42 Å². The largest absolute Gasteiger partial charge is 0.480 e. The predicted octanol–water partition coefficient (Wildman–Crippen LogP) is 2.85. The minimum Gasteiger partial charge on any atom is -0.480 e. The monoisotopic (exact) mass is 308 g/mol. The lowest BCUT2D eigenvalue weighted by Gasteiger charge is -2.09. The number of hydrogen-bond donors (Lipinski definition) is 0. The summed E-state index contributed by atoms with van der Waals surface area (Å²) in [6, 6.07) is 10.0. The molecule has 0 unspecified atom stereocenters. The molecule has 2 aromatic rings. The highest BCUT2D eigenvalue weighted by molar-refractivity contribution is 9.10. The van der Waals surface area contributed by atoms with Gasteiger partial charge in [-0.15, -0.1) is 0 Å². The first-order valence-corrected chi connectivity index (χ1v) is 6.22. The predicted molar refractivity (Wildman–Crippen MR) is 72.1 cm³/mol. The highest BCUT2D eigenvalue weighted by atomic mass is 79.9. The van der Waals surface area contributed by atoms with E-state index in [1.165, 1.54) is 0 Å². The zero-order chi connectivity index (χ0) is 13.0. The number of aromatic nitrogens is 2. The Morgan fingerprint density at radius 3 is 2.06 bits per heavy atom. The van der Waals surface area contributed by atoms with Crippen molar-refractivity contribution in [1.29, 1.82) is 0 Å². The Hall–Kier alpha value is -1.62. The van der Waals surface area contributed by atoms with Crippen LogP contribution in [0, 0.1) is 0 Å². The van der Waals surface area contributed by atoms with Crippen molar-refractivity contribution in [2.75, 3.05) is 14.2 Å². The average molecular weight is 309 g/mol. The minimum absolute atomic E-state index is 0.479. The molecule has 0 saturated carbocycles. The van der Waals surface area contributed by atoms with E-state index in [0.29, 0.717) is 28.5 Å². The quantitative estimate of drug-likeness (QED) is 0.871. The molecular formula is C13H13BrN2O2. The van der Waals surface area contributed by atoms with Crippen LogP contribution in [0.3, 0.4) is 0 Å². The Bertz CT molecular complexity index is 507. The van der Waals surface area contributed by atoms with Crippen LogP contribution in [0.25, 0.3) is 0 Å². The molecule has 0 spiro atoms. The Labute approximate surface area is 114 Å². The lowest BCUT2D eigenvalue weighted by atomic mass is 10.1. The summed E-state index contributed by atoms with van der Waals surface area (Å²) in [6.07, 6.45) is 0.640. The van der Waals surface area contributed by atoms with E-state index in [1.807, 2.05) is 30.3 Å². The molecule has 0 radical (unpaired) electrons. The second kappa shape index (κ2) is 5.82. The highest BCUT2D eigenvalue weighted by Gasteiger charge is 2.13. The van der Waals surface area contributed by atoms with Crippen molar-refractivity contribution in [3.05, 3.63) is 46.2 Å². The van der Waals surface area contributed by atoms with Crippen LogP contribution in [0.1, 0.15) is 11.4 Å². The van der Waals surface area contributed by atoms with Gasteiger partial charge in [-0.05, 0) is 21.5 Å². The first kappa shape index (κ1) is 12.8. The fourth-order valence-electron chi connectivity index (χ4n) is 1.58. The van der Waals surface area contributed by atoms with Gasteiger partial charge in [0.1, 0.15) is 10.3 Å². The van der Waals surface area contributed by atoms with Crippen molar-refractivity contribution in [2.24, 2.45) is 0 Å². The second-order valence-electron chi connectivity index (χ2n) is 3.63. The van der Waals surface area contributed by atoms with Crippen LogP contribution >= 0.6 is 15.9 Å². The Kier molecular flexibility index (Phi) is 4.15. The van der Waals surface area contributed by atoms with Crippen LogP contribution in [0.4, 0.5) is 0 Å². The van der Waals surface area contributed by atoms with Crippen LogP contribution in [0.5, 0.6) is 11.8 Å². The van der Waals surface area contributed by atoms with E-state index in [-0.39, 0.29) is 0 Å². The third-order valence-corrected chi connectivity index (χ3v) is 3.11. The van der Waals surface area contributed by atoms with Gasteiger partial charge in [-0.2, -0.15) is 9.97 Å². The summed E-state index contributed by atoms with van der Waals surface area (Å²) < 4.78 is 11.0. The molecule has 94 valence electrons. The Morgan fingerprint density at radius 1 is 1.00 bits per heavy atom. The molecule has 5 heteroatoms. The number of rotatable bonds is 4. The second-order valence-corrected chi connectivity index (χ2v) is 4.43. The zero-order valence-electron chi connectivity index (χ0n) is 10.2. The third-order valence-electron chi connectivity index (χ3n) is 2.43. The standard InChI is InChI=1S/C13H13BrN2O2/c1-17-12-11(14)13(18-2)16-10(15-12)8-9-6-4-3-5-7-9/h3-7H,8H2,1-2H3. The highest BCUT2D eigenvalue weighted by Crippen LogP contribution is 2.31. The van der Waals surface area contributed by atoms with Crippen molar-refractivity contribution in [1.82, 2.24) is 9.97 Å². The van der Waals surface area contributed by atoms with E-state index in [1.54, 1.807) is 14.2 Å². The van der Waals surface area contributed by atoms with Gasteiger partial charge in [-0.3, -0.25) is 0 Å². The van der Waals surface area contributed by atoms with Crippen LogP contribution < -0.4 is 9.47 Å². The summed E-state index contributed by atoms with van der Waals surface area (Å²) in [6.45, 7) is 0.